The number of hydrogen-bond acceptors (Lipinski definition) is 7. The van der Waals surface area contributed by atoms with Crippen LogP contribution in [0, 0.1) is 12.7 Å². The number of aryl methyl sites for hydroxylation is 1. The molecule has 2 aliphatic heterocycles. The van der Waals surface area contributed by atoms with E-state index >= 15 is 0 Å². The van der Waals surface area contributed by atoms with Gasteiger partial charge in [-0.1, -0.05) is 23.7 Å². The molecule has 0 unspecified atom stereocenters. The van der Waals surface area contributed by atoms with Gasteiger partial charge in [-0.05, 0) is 74.7 Å². The van der Waals surface area contributed by atoms with E-state index in [1.165, 1.54) is 6.07 Å². The van der Waals surface area contributed by atoms with E-state index in [2.05, 4.69) is 16.0 Å². The number of fused-ring (bicyclic) bond motifs is 1. The summed E-state index contributed by atoms with van der Waals surface area (Å²) in [5.74, 6) is -1.17. The molecule has 1 N–H and O–H groups in total. The summed E-state index contributed by atoms with van der Waals surface area (Å²) in [6, 6.07) is 12.5. The molecule has 0 amide bonds. The molecule has 0 spiro atoms. The second-order valence-electron chi connectivity index (χ2n) is 10.3. The molecule has 4 aromatic rings. The maximum absolute atomic E-state index is 14.7. The highest BCUT2D eigenvalue weighted by atomic mass is 35.5. The van der Waals surface area contributed by atoms with Gasteiger partial charge in [0.25, 0.3) is 5.79 Å². The van der Waals surface area contributed by atoms with Gasteiger partial charge in [-0.3, -0.25) is 9.88 Å². The zero-order valence-electron chi connectivity index (χ0n) is 22.0. The summed E-state index contributed by atoms with van der Waals surface area (Å²) in [6.45, 7) is 6.30. The van der Waals surface area contributed by atoms with Crippen LogP contribution in [0.15, 0.2) is 54.9 Å². The molecule has 7 nitrogen and oxygen atoms in total. The topological polar surface area (TPSA) is 84.8 Å². The SMILES string of the molecule is Cc1cc(-c2cnc(C(=O)O)s2)cnc1CN1CCC(c2cccc3c2O[C@](C)(c2ccc(Cl)cc2F)O3)CC1. The van der Waals surface area contributed by atoms with Gasteiger partial charge >= 0.3 is 5.97 Å². The number of piperidine rings is 1. The van der Waals surface area contributed by atoms with Crippen molar-refractivity contribution in [2.75, 3.05) is 13.1 Å². The van der Waals surface area contributed by atoms with Crippen molar-refractivity contribution < 1.29 is 23.8 Å². The zero-order valence-corrected chi connectivity index (χ0v) is 23.6. The monoisotopic (exact) mass is 579 g/mol. The van der Waals surface area contributed by atoms with Crippen molar-refractivity contribution in [1.29, 1.82) is 0 Å². The van der Waals surface area contributed by atoms with Gasteiger partial charge in [-0.2, -0.15) is 0 Å². The number of pyridine rings is 1. The van der Waals surface area contributed by atoms with Crippen molar-refractivity contribution in [2.45, 2.75) is 44.9 Å². The van der Waals surface area contributed by atoms with Gasteiger partial charge in [0, 0.05) is 42.0 Å². The summed E-state index contributed by atoms with van der Waals surface area (Å²) in [5, 5.41) is 9.54. The molecular weight excluding hydrogens is 553 g/mol. The number of para-hydroxylation sites is 1. The Kier molecular flexibility index (Phi) is 6.98. The van der Waals surface area contributed by atoms with Crippen molar-refractivity contribution in [3.8, 4) is 21.9 Å². The first kappa shape index (κ1) is 26.7. The lowest BCUT2D eigenvalue weighted by atomic mass is 9.88. The lowest BCUT2D eigenvalue weighted by Gasteiger charge is -2.32. The predicted octanol–water partition coefficient (Wildman–Crippen LogP) is 7.03. The first-order valence-corrected chi connectivity index (χ1v) is 14.2. The third-order valence-electron chi connectivity index (χ3n) is 7.59. The van der Waals surface area contributed by atoms with E-state index in [-0.39, 0.29) is 5.01 Å². The van der Waals surface area contributed by atoms with Gasteiger partial charge in [-0.25, -0.2) is 14.2 Å². The molecule has 0 aliphatic carbocycles. The Hall–Kier alpha value is -3.53. The fourth-order valence-electron chi connectivity index (χ4n) is 5.46. The minimum absolute atomic E-state index is 0.0717. The number of carbonyl (C=O) groups is 1. The molecule has 6 rings (SSSR count). The average Bonchev–Trinajstić information content (AvgIpc) is 3.55. The van der Waals surface area contributed by atoms with E-state index in [1.54, 1.807) is 31.5 Å². The van der Waals surface area contributed by atoms with Crippen molar-refractivity contribution in [1.82, 2.24) is 14.9 Å². The number of hydrogen-bond donors (Lipinski definition) is 1. The normalized spacial score (nSPS) is 19.2. The van der Waals surface area contributed by atoms with Crippen LogP contribution in [0.5, 0.6) is 11.5 Å². The number of aromatic nitrogens is 2. The molecule has 2 aromatic carbocycles. The summed E-state index contributed by atoms with van der Waals surface area (Å²) in [7, 11) is 0. The quantitative estimate of drug-likeness (QED) is 0.262. The van der Waals surface area contributed by atoms with Crippen molar-refractivity contribution in [3.63, 3.8) is 0 Å². The highest BCUT2D eigenvalue weighted by molar-refractivity contribution is 7.16. The maximum Gasteiger partial charge on any atom is 0.365 e. The number of aromatic carboxylic acids is 1. The summed E-state index contributed by atoms with van der Waals surface area (Å²) < 4.78 is 27.2. The van der Waals surface area contributed by atoms with Gasteiger partial charge in [0.2, 0.25) is 5.01 Å². The van der Waals surface area contributed by atoms with Gasteiger partial charge in [0.15, 0.2) is 11.5 Å². The standard InChI is InChI=1S/C30H27ClFN3O4S/c1-17-12-19(26-15-34-28(40-26)29(36)37)14-33-24(17)16-35-10-8-18(9-11-35)21-4-3-5-25-27(21)39-30(2,38-25)22-7-6-20(31)13-23(22)32/h3-7,12-15,18H,8-11,16H2,1-2H3,(H,36,37)/t30-/m1/s1. The van der Waals surface area contributed by atoms with Crippen LogP contribution in [0.2, 0.25) is 5.02 Å². The average molecular weight is 580 g/mol. The smallest absolute Gasteiger partial charge is 0.365 e. The lowest BCUT2D eigenvalue weighted by Crippen LogP contribution is -2.34. The molecule has 206 valence electrons. The fourth-order valence-corrected chi connectivity index (χ4v) is 6.36. The third-order valence-corrected chi connectivity index (χ3v) is 8.86. The van der Waals surface area contributed by atoms with Crippen molar-refractivity contribution in [3.05, 3.63) is 93.1 Å². The summed E-state index contributed by atoms with van der Waals surface area (Å²) in [4.78, 5) is 23.0. The number of ether oxygens (including phenoxy) is 2. The Morgan fingerprint density at radius 1 is 1.18 bits per heavy atom. The highest BCUT2D eigenvalue weighted by Crippen LogP contribution is 2.49. The molecule has 2 aliphatic rings. The molecule has 10 heteroatoms. The molecule has 1 atom stereocenters. The van der Waals surface area contributed by atoms with Crippen LogP contribution in [-0.2, 0) is 12.3 Å². The van der Waals surface area contributed by atoms with Gasteiger partial charge in [0.1, 0.15) is 5.82 Å². The van der Waals surface area contributed by atoms with E-state index < -0.39 is 17.6 Å². The summed E-state index contributed by atoms with van der Waals surface area (Å²) in [6.07, 6.45) is 5.27. The van der Waals surface area contributed by atoms with Crippen molar-refractivity contribution in [2.24, 2.45) is 0 Å². The second-order valence-corrected chi connectivity index (χ2v) is 11.8. The van der Waals surface area contributed by atoms with Crippen LogP contribution in [0.1, 0.15) is 57.9 Å². The number of thiazole rings is 1. The lowest BCUT2D eigenvalue weighted by molar-refractivity contribution is -0.0712. The molecule has 0 radical (unpaired) electrons. The largest absolute Gasteiger partial charge is 0.476 e. The number of halogens is 2. The predicted molar refractivity (Wildman–Crippen MR) is 151 cm³/mol. The summed E-state index contributed by atoms with van der Waals surface area (Å²) >= 11 is 7.10. The van der Waals surface area contributed by atoms with Crippen LogP contribution >= 0.6 is 22.9 Å². The van der Waals surface area contributed by atoms with Crippen molar-refractivity contribution >= 4 is 28.9 Å². The Balaban J connectivity index is 1.12. The minimum atomic E-state index is -1.27. The molecule has 4 heterocycles. The Morgan fingerprint density at radius 3 is 2.67 bits per heavy atom. The Labute approximate surface area is 240 Å². The first-order valence-electron chi connectivity index (χ1n) is 13.0. The molecule has 0 saturated carbocycles. The van der Waals surface area contributed by atoms with E-state index in [4.69, 9.17) is 31.2 Å². The fraction of sp³-hybridized carbons (Fsp3) is 0.300. The van der Waals surface area contributed by atoms with Crippen LogP contribution in [0.25, 0.3) is 10.4 Å². The van der Waals surface area contributed by atoms with Crippen LogP contribution in [0.3, 0.4) is 0 Å². The molecule has 40 heavy (non-hydrogen) atoms. The number of rotatable bonds is 6. The number of carboxylic acids is 1. The number of carboxylic acid groups (broad SMARTS) is 1. The Bertz CT molecular complexity index is 1600. The van der Waals surface area contributed by atoms with Gasteiger partial charge in [0.05, 0.1) is 16.1 Å². The molecular formula is C30H27ClFN3O4S. The van der Waals surface area contributed by atoms with E-state index in [0.29, 0.717) is 28.0 Å². The van der Waals surface area contributed by atoms with E-state index in [1.807, 2.05) is 25.1 Å². The van der Waals surface area contributed by atoms with Gasteiger partial charge in [-0.15, -0.1) is 11.3 Å². The number of likely N-dealkylation sites (tertiary alicyclic amines) is 1. The number of benzene rings is 2. The van der Waals surface area contributed by atoms with E-state index in [9.17, 15) is 9.18 Å². The summed E-state index contributed by atoms with van der Waals surface area (Å²) in [5.41, 5.74) is 4.32. The first-order chi connectivity index (χ1) is 19.2. The van der Waals surface area contributed by atoms with Crippen LogP contribution in [0.4, 0.5) is 4.39 Å². The third kappa shape index (κ3) is 5.05. The van der Waals surface area contributed by atoms with Crippen LogP contribution < -0.4 is 9.47 Å². The Morgan fingerprint density at radius 2 is 1.98 bits per heavy atom. The zero-order chi connectivity index (χ0) is 28.0. The molecule has 1 fully saturated rings. The minimum Gasteiger partial charge on any atom is -0.476 e. The molecule has 1 saturated heterocycles. The van der Waals surface area contributed by atoms with Crippen LogP contribution in [-0.4, -0.2) is 39.0 Å². The maximum atomic E-state index is 14.7. The van der Waals surface area contributed by atoms with E-state index in [0.717, 1.165) is 71.1 Å². The highest BCUT2D eigenvalue weighted by Gasteiger charge is 2.43. The number of nitrogens with zero attached hydrogens (tertiary/aromatic N) is 3. The van der Waals surface area contributed by atoms with Gasteiger partial charge < -0.3 is 14.6 Å². The molecule has 2 aromatic heterocycles. The molecule has 0 bridgehead atoms. The second kappa shape index (κ2) is 10.5.